The summed E-state index contributed by atoms with van der Waals surface area (Å²) in [5, 5.41) is 3.05. The molecule has 1 aromatic heterocycles. The third-order valence-corrected chi connectivity index (χ3v) is 3.12. The number of benzene rings is 1. The first kappa shape index (κ1) is 15.0. The van der Waals surface area contributed by atoms with E-state index in [0.29, 0.717) is 13.2 Å². The average Bonchev–Trinajstić information content (AvgIpc) is 2.52. The van der Waals surface area contributed by atoms with Crippen molar-refractivity contribution in [2.45, 2.75) is 26.1 Å². The SMILES string of the molecule is C[C@@H](NCc1ccc(OCc2ccncc2)cc1)C(N)=O. The maximum atomic E-state index is 10.9. The van der Waals surface area contributed by atoms with E-state index in [0.717, 1.165) is 16.9 Å². The molecule has 0 saturated heterocycles. The van der Waals surface area contributed by atoms with E-state index in [2.05, 4.69) is 10.3 Å². The Balaban J connectivity index is 1.83. The molecule has 5 heteroatoms. The number of nitrogens with two attached hydrogens (primary N) is 1. The van der Waals surface area contributed by atoms with Gasteiger partial charge in [0.25, 0.3) is 0 Å². The summed E-state index contributed by atoms with van der Waals surface area (Å²) in [5.41, 5.74) is 7.34. The van der Waals surface area contributed by atoms with E-state index in [9.17, 15) is 4.79 Å². The quantitative estimate of drug-likeness (QED) is 0.810. The molecule has 0 radical (unpaired) electrons. The molecule has 1 atom stereocenters. The van der Waals surface area contributed by atoms with Crippen LogP contribution in [-0.2, 0) is 17.9 Å². The number of hydrogen-bond acceptors (Lipinski definition) is 4. The van der Waals surface area contributed by atoms with Gasteiger partial charge in [0.15, 0.2) is 0 Å². The maximum absolute atomic E-state index is 10.9. The molecule has 0 aliphatic carbocycles. The lowest BCUT2D eigenvalue weighted by Crippen LogP contribution is -2.38. The second-order valence-corrected chi connectivity index (χ2v) is 4.79. The smallest absolute Gasteiger partial charge is 0.234 e. The number of aromatic nitrogens is 1. The highest BCUT2D eigenvalue weighted by Crippen LogP contribution is 2.14. The fourth-order valence-electron chi connectivity index (χ4n) is 1.72. The molecule has 2 rings (SSSR count). The molecule has 1 aromatic carbocycles. The van der Waals surface area contributed by atoms with Crippen LogP contribution >= 0.6 is 0 Å². The van der Waals surface area contributed by atoms with E-state index in [1.54, 1.807) is 19.3 Å². The Kier molecular flexibility index (Phi) is 5.29. The standard InChI is InChI=1S/C16H19N3O2/c1-12(16(17)20)19-10-13-2-4-15(5-3-13)21-11-14-6-8-18-9-7-14/h2-9,12,19H,10-11H2,1H3,(H2,17,20)/t12-/m1/s1. The normalized spacial score (nSPS) is 11.9. The van der Waals surface area contributed by atoms with E-state index in [4.69, 9.17) is 10.5 Å². The minimum Gasteiger partial charge on any atom is -0.489 e. The van der Waals surface area contributed by atoms with Crippen LogP contribution in [0, 0.1) is 0 Å². The minimum atomic E-state index is -0.354. The molecule has 2 aromatic rings. The molecule has 0 spiro atoms. The van der Waals surface area contributed by atoms with Gasteiger partial charge in [-0.1, -0.05) is 12.1 Å². The molecular formula is C16H19N3O2. The Morgan fingerprint density at radius 2 is 1.86 bits per heavy atom. The molecule has 1 heterocycles. The Labute approximate surface area is 124 Å². The van der Waals surface area contributed by atoms with Crippen molar-refractivity contribution >= 4 is 5.91 Å². The highest BCUT2D eigenvalue weighted by molar-refractivity contribution is 5.79. The number of primary amides is 1. The van der Waals surface area contributed by atoms with Crippen molar-refractivity contribution in [2.24, 2.45) is 5.73 Å². The summed E-state index contributed by atoms with van der Waals surface area (Å²) >= 11 is 0. The zero-order valence-corrected chi connectivity index (χ0v) is 12.0. The fourth-order valence-corrected chi connectivity index (χ4v) is 1.72. The van der Waals surface area contributed by atoms with Gasteiger partial charge < -0.3 is 15.8 Å². The Morgan fingerprint density at radius 3 is 2.48 bits per heavy atom. The summed E-state index contributed by atoms with van der Waals surface area (Å²) in [6, 6.07) is 11.2. The molecule has 110 valence electrons. The summed E-state index contributed by atoms with van der Waals surface area (Å²) in [6.07, 6.45) is 3.49. The first-order chi connectivity index (χ1) is 10.1. The number of amides is 1. The highest BCUT2D eigenvalue weighted by Gasteiger charge is 2.06. The van der Waals surface area contributed by atoms with Crippen LogP contribution < -0.4 is 15.8 Å². The first-order valence-corrected chi connectivity index (χ1v) is 6.78. The van der Waals surface area contributed by atoms with Crippen molar-refractivity contribution in [1.82, 2.24) is 10.3 Å². The number of hydrogen-bond donors (Lipinski definition) is 2. The van der Waals surface area contributed by atoms with Crippen LogP contribution in [0.1, 0.15) is 18.1 Å². The Bertz CT molecular complexity index is 570. The summed E-state index contributed by atoms with van der Waals surface area (Å²) in [6.45, 7) is 2.85. The number of ether oxygens (including phenoxy) is 1. The van der Waals surface area contributed by atoms with E-state index in [1.807, 2.05) is 36.4 Å². The number of pyridine rings is 1. The lowest BCUT2D eigenvalue weighted by Gasteiger charge is -2.11. The molecule has 0 unspecified atom stereocenters. The van der Waals surface area contributed by atoms with Crippen molar-refractivity contribution in [3.8, 4) is 5.75 Å². The molecule has 0 saturated carbocycles. The van der Waals surface area contributed by atoms with Crippen molar-refractivity contribution in [3.63, 3.8) is 0 Å². The second-order valence-electron chi connectivity index (χ2n) is 4.79. The summed E-state index contributed by atoms with van der Waals surface area (Å²) < 4.78 is 5.69. The van der Waals surface area contributed by atoms with Gasteiger partial charge in [0.05, 0.1) is 6.04 Å². The number of carbonyl (C=O) groups is 1. The third-order valence-electron chi connectivity index (χ3n) is 3.12. The predicted molar refractivity (Wildman–Crippen MR) is 80.5 cm³/mol. The molecule has 3 N–H and O–H groups in total. The monoisotopic (exact) mass is 285 g/mol. The van der Waals surface area contributed by atoms with Gasteiger partial charge in [0.2, 0.25) is 5.91 Å². The van der Waals surface area contributed by atoms with Crippen molar-refractivity contribution in [1.29, 1.82) is 0 Å². The highest BCUT2D eigenvalue weighted by atomic mass is 16.5. The van der Waals surface area contributed by atoms with Crippen molar-refractivity contribution in [3.05, 3.63) is 59.9 Å². The molecule has 0 aliphatic heterocycles. The zero-order chi connectivity index (χ0) is 15.1. The topological polar surface area (TPSA) is 77.2 Å². The minimum absolute atomic E-state index is 0.340. The zero-order valence-electron chi connectivity index (χ0n) is 12.0. The maximum Gasteiger partial charge on any atom is 0.234 e. The fraction of sp³-hybridized carbons (Fsp3) is 0.250. The lowest BCUT2D eigenvalue weighted by atomic mass is 10.2. The Hall–Kier alpha value is -2.40. The second kappa shape index (κ2) is 7.40. The van der Waals surface area contributed by atoms with Crippen LogP contribution in [0.2, 0.25) is 0 Å². The molecule has 5 nitrogen and oxygen atoms in total. The van der Waals surface area contributed by atoms with Gasteiger partial charge in [-0.05, 0) is 42.3 Å². The number of nitrogens with one attached hydrogen (secondary N) is 1. The molecule has 21 heavy (non-hydrogen) atoms. The van der Waals surface area contributed by atoms with Gasteiger partial charge in [-0.25, -0.2) is 0 Å². The van der Waals surface area contributed by atoms with Crippen LogP contribution in [0.3, 0.4) is 0 Å². The van der Waals surface area contributed by atoms with Crippen LogP contribution in [0.15, 0.2) is 48.8 Å². The lowest BCUT2D eigenvalue weighted by molar-refractivity contribution is -0.119. The van der Waals surface area contributed by atoms with E-state index >= 15 is 0 Å². The number of carbonyl (C=O) groups excluding carboxylic acids is 1. The van der Waals surface area contributed by atoms with Gasteiger partial charge >= 0.3 is 0 Å². The molecule has 1 amide bonds. The predicted octanol–water partition coefficient (Wildman–Crippen LogP) is 1.62. The molecular weight excluding hydrogens is 266 g/mol. The van der Waals surface area contributed by atoms with Crippen molar-refractivity contribution in [2.75, 3.05) is 0 Å². The van der Waals surface area contributed by atoms with E-state index in [-0.39, 0.29) is 11.9 Å². The molecule has 0 fully saturated rings. The van der Waals surface area contributed by atoms with Gasteiger partial charge in [-0.3, -0.25) is 9.78 Å². The third kappa shape index (κ3) is 4.89. The van der Waals surface area contributed by atoms with Gasteiger partial charge in [0.1, 0.15) is 12.4 Å². The number of nitrogens with zero attached hydrogens (tertiary/aromatic N) is 1. The summed E-state index contributed by atoms with van der Waals surface area (Å²) in [5.74, 6) is 0.450. The van der Waals surface area contributed by atoms with E-state index < -0.39 is 0 Å². The van der Waals surface area contributed by atoms with Crippen LogP contribution in [0.5, 0.6) is 5.75 Å². The molecule has 0 bridgehead atoms. The van der Waals surface area contributed by atoms with Crippen molar-refractivity contribution < 1.29 is 9.53 Å². The average molecular weight is 285 g/mol. The van der Waals surface area contributed by atoms with Crippen LogP contribution in [0.4, 0.5) is 0 Å². The van der Waals surface area contributed by atoms with Gasteiger partial charge in [-0.2, -0.15) is 0 Å². The molecule has 0 aliphatic rings. The number of rotatable bonds is 7. The van der Waals surface area contributed by atoms with Crippen LogP contribution in [0.25, 0.3) is 0 Å². The summed E-state index contributed by atoms with van der Waals surface area (Å²) in [7, 11) is 0. The summed E-state index contributed by atoms with van der Waals surface area (Å²) in [4.78, 5) is 14.9. The van der Waals surface area contributed by atoms with Gasteiger partial charge in [-0.15, -0.1) is 0 Å². The first-order valence-electron chi connectivity index (χ1n) is 6.78. The van der Waals surface area contributed by atoms with Gasteiger partial charge in [0, 0.05) is 18.9 Å². The largest absolute Gasteiger partial charge is 0.489 e. The van der Waals surface area contributed by atoms with Crippen LogP contribution in [-0.4, -0.2) is 16.9 Å². The Morgan fingerprint density at radius 1 is 1.19 bits per heavy atom. The van der Waals surface area contributed by atoms with E-state index in [1.165, 1.54) is 0 Å².